The van der Waals surface area contributed by atoms with Gasteiger partial charge in [0.05, 0.1) is 23.0 Å². The lowest BCUT2D eigenvalue weighted by Crippen LogP contribution is -2.41. The third kappa shape index (κ3) is 3.64. The summed E-state index contributed by atoms with van der Waals surface area (Å²) in [5.74, 6) is 0.696. The van der Waals surface area contributed by atoms with Gasteiger partial charge in [0.2, 0.25) is 5.91 Å². The molecule has 2 aromatic heterocycles. The van der Waals surface area contributed by atoms with Gasteiger partial charge in [0, 0.05) is 13.1 Å². The van der Waals surface area contributed by atoms with E-state index in [1.165, 1.54) is 11.2 Å². The molecule has 0 spiro atoms. The van der Waals surface area contributed by atoms with E-state index in [0.717, 1.165) is 11.8 Å². The van der Waals surface area contributed by atoms with Gasteiger partial charge in [-0.25, -0.2) is 8.42 Å². The number of furan rings is 1. The molecule has 0 aromatic carbocycles. The van der Waals surface area contributed by atoms with Crippen molar-refractivity contribution in [3.8, 4) is 11.7 Å². The third-order valence-corrected chi connectivity index (χ3v) is 6.54. The molecule has 130 valence electrons. The van der Waals surface area contributed by atoms with Gasteiger partial charge in [0.25, 0.3) is 11.1 Å². The number of hydrogen-bond donors (Lipinski definition) is 0. The monoisotopic (exact) mass is 371 g/mol. The summed E-state index contributed by atoms with van der Waals surface area (Å²) in [5, 5.41) is 7.56. The van der Waals surface area contributed by atoms with Crippen LogP contribution >= 0.6 is 11.8 Å². The van der Waals surface area contributed by atoms with Crippen molar-refractivity contribution in [2.75, 3.05) is 18.6 Å². The van der Waals surface area contributed by atoms with Crippen LogP contribution in [0.4, 0.5) is 0 Å². The lowest BCUT2D eigenvalue weighted by Gasteiger charge is -2.25. The third-order valence-electron chi connectivity index (χ3n) is 3.87. The fraction of sp³-hybridized carbons (Fsp3) is 0.500. The molecule has 1 saturated heterocycles. The normalized spacial score (nSPS) is 20.8. The number of aromatic nitrogens is 2. The number of sulfone groups is 1. The summed E-state index contributed by atoms with van der Waals surface area (Å²) in [5.41, 5.74) is 0. The van der Waals surface area contributed by atoms with Crippen LogP contribution in [0.2, 0.25) is 0 Å². The van der Waals surface area contributed by atoms with Gasteiger partial charge in [0.15, 0.2) is 15.6 Å². The SMILES string of the molecule is C[C@@H](Sc1nnc(-c2ccco2)o1)C(=O)N(C)[C@@H]1CCS(=O)(=O)C1. The Labute approximate surface area is 143 Å². The van der Waals surface area contributed by atoms with E-state index in [-0.39, 0.29) is 34.6 Å². The van der Waals surface area contributed by atoms with E-state index < -0.39 is 15.1 Å². The van der Waals surface area contributed by atoms with Crippen LogP contribution in [0, 0.1) is 0 Å². The zero-order valence-corrected chi connectivity index (χ0v) is 14.8. The largest absolute Gasteiger partial charge is 0.459 e. The van der Waals surface area contributed by atoms with E-state index in [4.69, 9.17) is 8.83 Å². The smallest absolute Gasteiger partial charge is 0.284 e. The average molecular weight is 371 g/mol. The van der Waals surface area contributed by atoms with Crippen LogP contribution in [-0.4, -0.2) is 59.3 Å². The summed E-state index contributed by atoms with van der Waals surface area (Å²) in [6.07, 6.45) is 1.98. The van der Waals surface area contributed by atoms with Crippen LogP contribution in [0.15, 0.2) is 32.5 Å². The summed E-state index contributed by atoms with van der Waals surface area (Å²) < 4.78 is 33.8. The minimum absolute atomic E-state index is 0.0236. The molecular formula is C14H17N3O5S2. The van der Waals surface area contributed by atoms with Gasteiger partial charge in [-0.05, 0) is 25.5 Å². The molecule has 0 saturated carbocycles. The quantitative estimate of drug-likeness (QED) is 0.727. The van der Waals surface area contributed by atoms with Gasteiger partial charge in [0.1, 0.15) is 0 Å². The number of rotatable bonds is 5. The van der Waals surface area contributed by atoms with Crippen molar-refractivity contribution in [1.29, 1.82) is 0 Å². The molecule has 0 N–H and O–H groups in total. The second-order valence-electron chi connectivity index (χ2n) is 5.62. The number of amides is 1. The Morgan fingerprint density at radius 2 is 2.25 bits per heavy atom. The molecule has 2 atom stereocenters. The van der Waals surface area contributed by atoms with Crippen molar-refractivity contribution in [2.24, 2.45) is 0 Å². The molecule has 1 amide bonds. The van der Waals surface area contributed by atoms with E-state index in [1.807, 2.05) is 0 Å². The second-order valence-corrected chi connectivity index (χ2v) is 9.14. The van der Waals surface area contributed by atoms with E-state index in [2.05, 4.69) is 10.2 Å². The van der Waals surface area contributed by atoms with Gasteiger partial charge in [-0.2, -0.15) is 0 Å². The summed E-state index contributed by atoms with van der Waals surface area (Å²) in [6.45, 7) is 1.73. The summed E-state index contributed by atoms with van der Waals surface area (Å²) in [4.78, 5) is 14.0. The topological polar surface area (TPSA) is 107 Å². The molecule has 0 radical (unpaired) electrons. The van der Waals surface area contributed by atoms with Crippen molar-refractivity contribution in [3.05, 3.63) is 18.4 Å². The summed E-state index contributed by atoms with van der Waals surface area (Å²) in [7, 11) is -1.40. The van der Waals surface area contributed by atoms with Gasteiger partial charge < -0.3 is 13.7 Å². The molecule has 1 aliphatic rings. The van der Waals surface area contributed by atoms with E-state index in [1.54, 1.807) is 26.1 Å². The lowest BCUT2D eigenvalue weighted by atomic mass is 10.2. The lowest BCUT2D eigenvalue weighted by molar-refractivity contribution is -0.130. The molecule has 0 unspecified atom stereocenters. The molecule has 0 aliphatic carbocycles. The number of thioether (sulfide) groups is 1. The summed E-state index contributed by atoms with van der Waals surface area (Å²) >= 11 is 1.13. The molecule has 10 heteroatoms. The van der Waals surface area contributed by atoms with Crippen molar-refractivity contribution in [1.82, 2.24) is 15.1 Å². The Balaban J connectivity index is 1.62. The van der Waals surface area contributed by atoms with Crippen molar-refractivity contribution >= 4 is 27.5 Å². The zero-order valence-electron chi connectivity index (χ0n) is 13.2. The molecule has 1 aliphatic heterocycles. The Bertz CT molecular complexity index is 815. The Morgan fingerprint density at radius 1 is 1.46 bits per heavy atom. The van der Waals surface area contributed by atoms with Crippen molar-refractivity contribution in [2.45, 2.75) is 29.9 Å². The van der Waals surface area contributed by atoms with Gasteiger partial charge in [-0.15, -0.1) is 10.2 Å². The first-order valence-corrected chi connectivity index (χ1v) is 10.1. The van der Waals surface area contributed by atoms with Crippen molar-refractivity contribution in [3.63, 3.8) is 0 Å². The molecular weight excluding hydrogens is 354 g/mol. The van der Waals surface area contributed by atoms with Crippen LogP contribution in [0.5, 0.6) is 0 Å². The predicted octanol–water partition coefficient (Wildman–Crippen LogP) is 1.46. The molecule has 3 heterocycles. The number of carbonyl (C=O) groups excluding carboxylic acids is 1. The zero-order chi connectivity index (χ0) is 17.3. The van der Waals surface area contributed by atoms with Gasteiger partial charge >= 0.3 is 0 Å². The molecule has 24 heavy (non-hydrogen) atoms. The minimum Gasteiger partial charge on any atom is -0.459 e. The fourth-order valence-corrected chi connectivity index (χ4v) is 5.07. The molecule has 2 aromatic rings. The average Bonchev–Trinajstić information content (AvgIpc) is 3.25. The highest BCUT2D eigenvalue weighted by atomic mass is 32.2. The van der Waals surface area contributed by atoms with Crippen LogP contribution in [0.3, 0.4) is 0 Å². The second kappa shape index (κ2) is 6.60. The van der Waals surface area contributed by atoms with Gasteiger partial charge in [-0.1, -0.05) is 11.8 Å². The number of hydrogen-bond acceptors (Lipinski definition) is 8. The highest BCUT2D eigenvalue weighted by Crippen LogP contribution is 2.28. The first kappa shape index (κ1) is 17.0. The highest BCUT2D eigenvalue weighted by molar-refractivity contribution is 8.00. The molecule has 8 nitrogen and oxygen atoms in total. The maximum absolute atomic E-state index is 12.5. The minimum atomic E-state index is -3.03. The standard InChI is InChI=1S/C14H17N3O5S2/c1-9(13(18)17(2)10-5-7-24(19,20)8-10)23-14-16-15-12(22-14)11-4-3-6-21-11/h3-4,6,9-10H,5,7-8H2,1-2H3/t9-,10-/m1/s1. The Kier molecular flexibility index (Phi) is 4.68. The van der Waals surface area contributed by atoms with Crippen molar-refractivity contribution < 1.29 is 22.0 Å². The van der Waals surface area contributed by atoms with Crippen LogP contribution in [0.1, 0.15) is 13.3 Å². The Morgan fingerprint density at radius 3 is 2.88 bits per heavy atom. The maximum atomic E-state index is 12.5. The first-order chi connectivity index (χ1) is 11.4. The molecule has 3 rings (SSSR count). The fourth-order valence-electron chi connectivity index (χ4n) is 2.51. The van der Waals surface area contributed by atoms with E-state index >= 15 is 0 Å². The van der Waals surface area contributed by atoms with Crippen LogP contribution < -0.4 is 0 Å². The summed E-state index contributed by atoms with van der Waals surface area (Å²) in [6, 6.07) is 3.14. The molecule has 1 fully saturated rings. The Hall–Kier alpha value is -1.81. The maximum Gasteiger partial charge on any atom is 0.284 e. The van der Waals surface area contributed by atoms with E-state index in [0.29, 0.717) is 12.2 Å². The highest BCUT2D eigenvalue weighted by Gasteiger charge is 2.34. The van der Waals surface area contributed by atoms with Crippen LogP contribution in [-0.2, 0) is 14.6 Å². The number of nitrogens with zero attached hydrogens (tertiary/aromatic N) is 3. The first-order valence-electron chi connectivity index (χ1n) is 7.37. The predicted molar refractivity (Wildman–Crippen MR) is 87.1 cm³/mol. The van der Waals surface area contributed by atoms with Crippen LogP contribution in [0.25, 0.3) is 11.7 Å². The number of carbonyl (C=O) groups is 1. The molecule has 0 bridgehead atoms. The van der Waals surface area contributed by atoms with Gasteiger partial charge in [-0.3, -0.25) is 4.79 Å². The van der Waals surface area contributed by atoms with E-state index in [9.17, 15) is 13.2 Å².